The van der Waals surface area contributed by atoms with E-state index in [2.05, 4.69) is 5.10 Å². The first-order chi connectivity index (χ1) is 8.66. The molecule has 1 aromatic carbocycles. The van der Waals surface area contributed by atoms with Gasteiger partial charge in [-0.3, -0.25) is 0 Å². The second-order valence-electron chi connectivity index (χ2n) is 4.26. The van der Waals surface area contributed by atoms with Gasteiger partial charge in [-0.1, -0.05) is 18.2 Å². The number of fused-ring (bicyclic) bond motifs is 1. The monoisotopic (exact) mass is 240 g/mol. The molecule has 18 heavy (non-hydrogen) atoms. The zero-order valence-corrected chi connectivity index (χ0v) is 10.2. The van der Waals surface area contributed by atoms with Crippen LogP contribution in [-0.4, -0.2) is 9.78 Å². The van der Waals surface area contributed by atoms with E-state index in [9.17, 15) is 4.79 Å². The van der Waals surface area contributed by atoms with Crippen molar-refractivity contribution in [1.29, 1.82) is 0 Å². The van der Waals surface area contributed by atoms with Crippen molar-refractivity contribution in [3.63, 3.8) is 0 Å². The Labute approximate surface area is 103 Å². The minimum atomic E-state index is -0.350. The van der Waals surface area contributed by atoms with Crippen LogP contribution in [0, 0.1) is 13.8 Å². The average Bonchev–Trinajstić information content (AvgIpc) is 2.67. The minimum absolute atomic E-state index is 0.350. The van der Waals surface area contributed by atoms with Crippen LogP contribution in [0.3, 0.4) is 0 Å². The number of aromatic nitrogens is 2. The second-order valence-corrected chi connectivity index (χ2v) is 4.26. The van der Waals surface area contributed by atoms with Crippen LogP contribution >= 0.6 is 0 Å². The molecule has 0 radical (unpaired) electrons. The normalized spacial score (nSPS) is 11.0. The van der Waals surface area contributed by atoms with E-state index in [0.717, 1.165) is 22.3 Å². The van der Waals surface area contributed by atoms with Crippen molar-refractivity contribution in [3.05, 3.63) is 58.1 Å². The summed E-state index contributed by atoms with van der Waals surface area (Å²) in [5.74, 6) is 0. The lowest BCUT2D eigenvalue weighted by Crippen LogP contribution is -2.01. The lowest BCUT2D eigenvalue weighted by atomic mass is 10.2. The third kappa shape index (κ3) is 1.54. The van der Waals surface area contributed by atoms with Crippen LogP contribution in [0.2, 0.25) is 0 Å². The molecule has 0 aliphatic rings. The van der Waals surface area contributed by atoms with E-state index in [1.807, 2.05) is 44.2 Å². The van der Waals surface area contributed by atoms with Crippen molar-refractivity contribution < 1.29 is 4.42 Å². The third-order valence-corrected chi connectivity index (χ3v) is 2.94. The molecule has 2 aromatic heterocycles. The van der Waals surface area contributed by atoms with E-state index >= 15 is 0 Å². The molecule has 90 valence electrons. The molecule has 0 unspecified atom stereocenters. The van der Waals surface area contributed by atoms with Crippen molar-refractivity contribution in [2.45, 2.75) is 13.8 Å². The molecular formula is C14H12N2O2. The molecule has 4 heteroatoms. The highest BCUT2D eigenvalue weighted by Gasteiger charge is 2.14. The topological polar surface area (TPSA) is 48.0 Å². The van der Waals surface area contributed by atoms with Gasteiger partial charge in [-0.25, -0.2) is 4.79 Å². The molecule has 3 aromatic rings. The molecule has 0 spiro atoms. The van der Waals surface area contributed by atoms with Crippen molar-refractivity contribution in [1.82, 2.24) is 9.78 Å². The molecule has 0 N–H and O–H groups in total. The summed E-state index contributed by atoms with van der Waals surface area (Å²) < 4.78 is 6.96. The fourth-order valence-corrected chi connectivity index (χ4v) is 2.17. The number of para-hydroxylation sites is 1. The fourth-order valence-electron chi connectivity index (χ4n) is 2.17. The lowest BCUT2D eigenvalue weighted by molar-refractivity contribution is 0.534. The van der Waals surface area contributed by atoms with Crippen LogP contribution in [0.1, 0.15) is 11.3 Å². The molecule has 0 atom stereocenters. The summed E-state index contributed by atoms with van der Waals surface area (Å²) in [4.78, 5) is 11.5. The van der Waals surface area contributed by atoms with E-state index in [-0.39, 0.29) is 5.63 Å². The van der Waals surface area contributed by atoms with Gasteiger partial charge in [-0.2, -0.15) is 9.78 Å². The van der Waals surface area contributed by atoms with Crippen LogP contribution in [0.5, 0.6) is 0 Å². The molecule has 0 saturated carbocycles. The van der Waals surface area contributed by atoms with Gasteiger partial charge in [0.05, 0.1) is 16.8 Å². The smallest absolute Gasteiger partial charge is 0.337 e. The largest absolute Gasteiger partial charge is 0.403 e. The lowest BCUT2D eigenvalue weighted by Gasteiger charge is -2.01. The Balaban J connectivity index is 2.42. The summed E-state index contributed by atoms with van der Waals surface area (Å²) in [5.41, 5.74) is 2.78. The number of nitrogens with zero attached hydrogens (tertiary/aromatic N) is 2. The Morgan fingerprint density at radius 3 is 2.61 bits per heavy atom. The summed E-state index contributed by atoms with van der Waals surface area (Å²) in [5, 5.41) is 5.35. The Bertz CT molecular complexity index is 770. The van der Waals surface area contributed by atoms with Crippen LogP contribution in [0.15, 0.2) is 45.6 Å². The number of hydrogen-bond acceptors (Lipinski definition) is 3. The second kappa shape index (κ2) is 3.84. The predicted octanol–water partition coefficient (Wildman–Crippen LogP) is 2.60. The predicted molar refractivity (Wildman–Crippen MR) is 69.1 cm³/mol. The summed E-state index contributed by atoms with van der Waals surface area (Å²) in [6.07, 6.45) is 0. The van der Waals surface area contributed by atoms with Crippen molar-refractivity contribution in [2.24, 2.45) is 0 Å². The number of aryl methyl sites for hydroxylation is 2. The Morgan fingerprint density at radius 1 is 1.17 bits per heavy atom. The summed E-state index contributed by atoms with van der Waals surface area (Å²) in [6.45, 7) is 3.80. The summed E-state index contributed by atoms with van der Waals surface area (Å²) >= 11 is 0. The van der Waals surface area contributed by atoms with E-state index < -0.39 is 0 Å². The van der Waals surface area contributed by atoms with Crippen LogP contribution in [-0.2, 0) is 0 Å². The summed E-state index contributed by atoms with van der Waals surface area (Å²) in [6, 6.07) is 11.1. The Hall–Kier alpha value is -2.36. The van der Waals surface area contributed by atoms with E-state index in [0.29, 0.717) is 5.71 Å². The molecule has 0 aliphatic heterocycles. The molecule has 4 nitrogen and oxygen atoms in total. The SMILES string of the molecule is Cc1cc(=O)oc2c1c(C)nn2-c1ccccc1. The van der Waals surface area contributed by atoms with Gasteiger partial charge >= 0.3 is 5.63 Å². The first-order valence-corrected chi connectivity index (χ1v) is 5.72. The van der Waals surface area contributed by atoms with Crippen LogP contribution < -0.4 is 5.63 Å². The van der Waals surface area contributed by atoms with Crippen molar-refractivity contribution in [3.8, 4) is 5.69 Å². The van der Waals surface area contributed by atoms with Gasteiger partial charge in [-0.15, -0.1) is 0 Å². The Kier molecular flexibility index (Phi) is 2.30. The first kappa shape index (κ1) is 10.8. The number of rotatable bonds is 1. The van der Waals surface area contributed by atoms with Gasteiger partial charge < -0.3 is 4.42 Å². The summed E-state index contributed by atoms with van der Waals surface area (Å²) in [7, 11) is 0. The third-order valence-electron chi connectivity index (χ3n) is 2.94. The standard InChI is InChI=1S/C14H12N2O2/c1-9-8-12(17)18-14-13(9)10(2)15-16(14)11-6-4-3-5-7-11/h3-8H,1-2H3. The highest BCUT2D eigenvalue weighted by atomic mass is 16.4. The molecule has 3 rings (SSSR count). The molecule has 2 heterocycles. The highest BCUT2D eigenvalue weighted by Crippen LogP contribution is 2.22. The van der Waals surface area contributed by atoms with Gasteiger partial charge in [0.15, 0.2) is 0 Å². The van der Waals surface area contributed by atoms with Crippen molar-refractivity contribution >= 4 is 11.1 Å². The van der Waals surface area contributed by atoms with Gasteiger partial charge in [0.2, 0.25) is 5.71 Å². The van der Waals surface area contributed by atoms with Gasteiger partial charge in [0, 0.05) is 6.07 Å². The van der Waals surface area contributed by atoms with Crippen LogP contribution in [0.4, 0.5) is 0 Å². The van der Waals surface area contributed by atoms with Gasteiger partial charge in [-0.05, 0) is 31.5 Å². The van der Waals surface area contributed by atoms with Crippen LogP contribution in [0.25, 0.3) is 16.8 Å². The average molecular weight is 240 g/mol. The fraction of sp³-hybridized carbons (Fsp3) is 0.143. The zero-order valence-electron chi connectivity index (χ0n) is 10.2. The molecular weight excluding hydrogens is 228 g/mol. The van der Waals surface area contributed by atoms with Crippen molar-refractivity contribution in [2.75, 3.05) is 0 Å². The maximum atomic E-state index is 11.5. The number of benzene rings is 1. The maximum absolute atomic E-state index is 11.5. The molecule has 0 amide bonds. The zero-order chi connectivity index (χ0) is 12.7. The number of hydrogen-bond donors (Lipinski definition) is 0. The van der Waals surface area contributed by atoms with E-state index in [1.54, 1.807) is 4.68 Å². The molecule has 0 saturated heterocycles. The van der Waals surface area contributed by atoms with E-state index in [1.165, 1.54) is 6.07 Å². The molecule has 0 aliphatic carbocycles. The van der Waals surface area contributed by atoms with E-state index in [4.69, 9.17) is 4.42 Å². The maximum Gasteiger partial charge on any atom is 0.337 e. The highest BCUT2D eigenvalue weighted by molar-refractivity contribution is 5.81. The quantitative estimate of drug-likeness (QED) is 0.656. The minimum Gasteiger partial charge on any atom is -0.403 e. The Morgan fingerprint density at radius 2 is 1.89 bits per heavy atom. The van der Waals surface area contributed by atoms with Gasteiger partial charge in [0.1, 0.15) is 0 Å². The van der Waals surface area contributed by atoms with Gasteiger partial charge in [0.25, 0.3) is 0 Å². The molecule has 0 bridgehead atoms. The molecule has 0 fully saturated rings. The first-order valence-electron chi connectivity index (χ1n) is 5.72.